The lowest BCUT2D eigenvalue weighted by Crippen LogP contribution is -2.23. The van der Waals surface area contributed by atoms with Crippen LogP contribution in [0.2, 0.25) is 0 Å². The summed E-state index contributed by atoms with van der Waals surface area (Å²) in [6.45, 7) is 1.81. The second-order valence-corrected chi connectivity index (χ2v) is 2.00. The minimum absolute atomic E-state index is 0.0509. The molecule has 0 aromatic carbocycles. The maximum atomic E-state index is 10.4. The van der Waals surface area contributed by atoms with Gasteiger partial charge in [0, 0.05) is 12.5 Å². The van der Waals surface area contributed by atoms with E-state index < -0.39 is 5.91 Å². The molecule has 8 heavy (non-hydrogen) atoms. The van der Waals surface area contributed by atoms with Crippen LogP contribution in [0, 0.1) is 0 Å². The quantitative estimate of drug-likeness (QED) is 0.429. The van der Waals surface area contributed by atoms with Gasteiger partial charge in [-0.1, -0.05) is 0 Å². The van der Waals surface area contributed by atoms with Gasteiger partial charge in [-0.25, -0.2) is 0 Å². The molecule has 3 nitrogen and oxygen atoms in total. The monoisotopic (exact) mass is 113 g/mol. The van der Waals surface area contributed by atoms with Crippen molar-refractivity contribution < 1.29 is 9.59 Å². The number of Topliss-reactive ketones (excluding diaryl/α,β-unsaturated/α-hetero) is 1. The van der Waals surface area contributed by atoms with Crippen LogP contribution < -0.4 is 5.32 Å². The van der Waals surface area contributed by atoms with E-state index in [0.29, 0.717) is 6.42 Å². The summed E-state index contributed by atoms with van der Waals surface area (Å²) in [5.41, 5.74) is 0. The van der Waals surface area contributed by atoms with Gasteiger partial charge >= 0.3 is 0 Å². The van der Waals surface area contributed by atoms with Crippen LogP contribution in [-0.2, 0) is 9.59 Å². The van der Waals surface area contributed by atoms with Gasteiger partial charge in [-0.15, -0.1) is 0 Å². The first kappa shape index (κ1) is 5.28. The molecule has 1 rings (SSSR count). The third kappa shape index (κ3) is 0.710. The van der Waals surface area contributed by atoms with E-state index in [1.54, 1.807) is 0 Å². The summed E-state index contributed by atoms with van der Waals surface area (Å²) in [5.74, 6) is -0.727. The Hall–Kier alpha value is -0.860. The van der Waals surface area contributed by atoms with E-state index in [2.05, 4.69) is 5.32 Å². The fraction of sp³-hybridized carbons (Fsp3) is 0.600. The van der Waals surface area contributed by atoms with E-state index >= 15 is 0 Å². The predicted molar refractivity (Wildman–Crippen MR) is 27.2 cm³/mol. The summed E-state index contributed by atoms with van der Waals surface area (Å²) >= 11 is 0. The molecule has 1 aliphatic rings. The van der Waals surface area contributed by atoms with Crippen molar-refractivity contribution in [2.45, 2.75) is 19.4 Å². The maximum absolute atomic E-state index is 10.4. The lowest BCUT2D eigenvalue weighted by atomic mass is 10.2. The molecule has 44 valence electrons. The SMILES string of the molecule is CC1CC(=O)C(=O)N1. The summed E-state index contributed by atoms with van der Waals surface area (Å²) in [7, 11) is 0. The second-order valence-electron chi connectivity index (χ2n) is 2.00. The number of carbonyl (C=O) groups is 2. The minimum atomic E-state index is -0.433. The topological polar surface area (TPSA) is 46.2 Å². The lowest BCUT2D eigenvalue weighted by molar-refractivity contribution is -0.135. The molecule has 0 radical (unpaired) electrons. The van der Waals surface area contributed by atoms with Gasteiger partial charge in [-0.05, 0) is 6.92 Å². The van der Waals surface area contributed by atoms with E-state index in [-0.39, 0.29) is 11.8 Å². The molecule has 0 aliphatic carbocycles. The molecule has 0 spiro atoms. The zero-order chi connectivity index (χ0) is 6.15. The van der Waals surface area contributed by atoms with Crippen LogP contribution in [-0.4, -0.2) is 17.7 Å². The molecular weight excluding hydrogens is 106 g/mol. The second kappa shape index (κ2) is 1.58. The highest BCUT2D eigenvalue weighted by Gasteiger charge is 2.25. The summed E-state index contributed by atoms with van der Waals surface area (Å²) in [6.07, 6.45) is 0.360. The van der Waals surface area contributed by atoms with E-state index in [4.69, 9.17) is 0 Å². The number of amides is 1. The van der Waals surface area contributed by atoms with Gasteiger partial charge in [0.2, 0.25) is 5.78 Å². The van der Waals surface area contributed by atoms with Crippen LogP contribution >= 0.6 is 0 Å². The molecule has 1 N–H and O–H groups in total. The Morgan fingerprint density at radius 1 is 1.62 bits per heavy atom. The smallest absolute Gasteiger partial charge is 0.287 e. The van der Waals surface area contributed by atoms with Crippen molar-refractivity contribution in [3.05, 3.63) is 0 Å². The molecule has 1 amide bonds. The van der Waals surface area contributed by atoms with Crippen molar-refractivity contribution in [1.29, 1.82) is 0 Å². The van der Waals surface area contributed by atoms with Gasteiger partial charge in [0.1, 0.15) is 0 Å². The van der Waals surface area contributed by atoms with E-state index in [9.17, 15) is 9.59 Å². The molecule has 1 saturated heterocycles. The molecule has 0 aromatic rings. The molecular formula is C5H7NO2. The standard InChI is InChI=1S/C5H7NO2/c1-3-2-4(7)5(8)6-3/h3H,2H2,1H3,(H,6,8). The first-order chi connectivity index (χ1) is 3.70. The Labute approximate surface area is 47.1 Å². The Balaban J connectivity index is 2.64. The highest BCUT2D eigenvalue weighted by atomic mass is 16.2. The van der Waals surface area contributed by atoms with Crippen LogP contribution in [0.15, 0.2) is 0 Å². The summed E-state index contributed by atoms with van der Waals surface area (Å²) in [4.78, 5) is 20.7. The van der Waals surface area contributed by atoms with Crippen LogP contribution in [0.25, 0.3) is 0 Å². The molecule has 0 bridgehead atoms. The van der Waals surface area contributed by atoms with Gasteiger partial charge in [-0.2, -0.15) is 0 Å². The third-order valence-electron chi connectivity index (χ3n) is 1.12. The minimum Gasteiger partial charge on any atom is -0.347 e. The van der Waals surface area contributed by atoms with Gasteiger partial charge in [0.15, 0.2) is 0 Å². The molecule has 0 saturated carbocycles. The van der Waals surface area contributed by atoms with Crippen LogP contribution in [0.1, 0.15) is 13.3 Å². The van der Waals surface area contributed by atoms with Gasteiger partial charge in [0.05, 0.1) is 0 Å². The van der Waals surface area contributed by atoms with E-state index in [0.717, 1.165) is 0 Å². The van der Waals surface area contributed by atoms with Crippen LogP contribution in [0.5, 0.6) is 0 Å². The Bertz CT molecular complexity index is 125. The first-order valence-corrected chi connectivity index (χ1v) is 2.54. The fourth-order valence-corrected chi connectivity index (χ4v) is 0.726. The third-order valence-corrected chi connectivity index (χ3v) is 1.12. The van der Waals surface area contributed by atoms with Crippen LogP contribution in [0.4, 0.5) is 0 Å². The van der Waals surface area contributed by atoms with Crippen molar-refractivity contribution in [1.82, 2.24) is 5.32 Å². The molecule has 1 fully saturated rings. The lowest BCUT2D eigenvalue weighted by Gasteiger charge is -1.94. The summed E-state index contributed by atoms with van der Waals surface area (Å²) in [6, 6.07) is 0.0509. The average molecular weight is 113 g/mol. The Morgan fingerprint density at radius 3 is 2.38 bits per heavy atom. The van der Waals surface area contributed by atoms with Crippen LogP contribution in [0.3, 0.4) is 0 Å². The predicted octanol–water partition coefficient (Wildman–Crippen LogP) is -0.536. The first-order valence-electron chi connectivity index (χ1n) is 2.54. The normalized spacial score (nSPS) is 28.4. The molecule has 0 aromatic heterocycles. The summed E-state index contributed by atoms with van der Waals surface area (Å²) in [5, 5.41) is 2.48. The van der Waals surface area contributed by atoms with Gasteiger partial charge < -0.3 is 5.32 Å². The van der Waals surface area contributed by atoms with Crippen molar-refractivity contribution in [2.24, 2.45) is 0 Å². The van der Waals surface area contributed by atoms with Crippen molar-refractivity contribution in [3.8, 4) is 0 Å². The van der Waals surface area contributed by atoms with E-state index in [1.807, 2.05) is 6.92 Å². The summed E-state index contributed by atoms with van der Waals surface area (Å²) < 4.78 is 0. The highest BCUT2D eigenvalue weighted by Crippen LogP contribution is 1.99. The fourth-order valence-electron chi connectivity index (χ4n) is 0.726. The van der Waals surface area contributed by atoms with Gasteiger partial charge in [0.25, 0.3) is 5.91 Å². The number of rotatable bonds is 0. The van der Waals surface area contributed by atoms with Crippen molar-refractivity contribution >= 4 is 11.7 Å². The number of hydrogen-bond donors (Lipinski definition) is 1. The molecule has 1 aliphatic heterocycles. The number of nitrogens with one attached hydrogen (secondary N) is 1. The van der Waals surface area contributed by atoms with Crippen molar-refractivity contribution in [3.63, 3.8) is 0 Å². The molecule has 1 atom stereocenters. The molecule has 1 unspecified atom stereocenters. The maximum Gasteiger partial charge on any atom is 0.287 e. The Morgan fingerprint density at radius 2 is 2.25 bits per heavy atom. The highest BCUT2D eigenvalue weighted by molar-refractivity contribution is 6.38. The zero-order valence-electron chi connectivity index (χ0n) is 4.60. The number of carbonyl (C=O) groups excluding carboxylic acids is 2. The Kier molecular flexibility index (Phi) is 1.04. The molecule has 1 heterocycles. The zero-order valence-corrected chi connectivity index (χ0v) is 4.60. The largest absolute Gasteiger partial charge is 0.347 e. The molecule has 3 heteroatoms. The number of hydrogen-bond acceptors (Lipinski definition) is 2. The van der Waals surface area contributed by atoms with Gasteiger partial charge in [-0.3, -0.25) is 9.59 Å². The average Bonchev–Trinajstić information content (AvgIpc) is 1.85. The number of ketones is 1. The van der Waals surface area contributed by atoms with E-state index in [1.165, 1.54) is 0 Å². The van der Waals surface area contributed by atoms with Crippen molar-refractivity contribution in [2.75, 3.05) is 0 Å².